The normalized spacial score (nSPS) is 9.95. The highest BCUT2D eigenvalue weighted by atomic mass is 35.5. The van der Waals surface area contributed by atoms with Crippen molar-refractivity contribution in [2.45, 2.75) is 0 Å². The van der Waals surface area contributed by atoms with Crippen LogP contribution >= 0.6 is 11.6 Å². The van der Waals surface area contributed by atoms with Crippen molar-refractivity contribution in [1.82, 2.24) is 5.32 Å². The molecule has 0 atom stereocenters. The number of halogens is 1. The molecule has 0 saturated carbocycles. The Balaban J connectivity index is 1.71. The maximum atomic E-state index is 11.7. The van der Waals surface area contributed by atoms with Crippen LogP contribution in [0.5, 0.6) is 5.75 Å². The van der Waals surface area contributed by atoms with Crippen molar-refractivity contribution in [2.24, 2.45) is 0 Å². The van der Waals surface area contributed by atoms with Crippen molar-refractivity contribution in [3.8, 4) is 5.75 Å². The Morgan fingerprint density at radius 2 is 1.95 bits per heavy atom. The second kappa shape index (κ2) is 7.40. The number of hydrogen-bond acceptors (Lipinski definition) is 3. The van der Waals surface area contributed by atoms with Crippen LogP contribution in [0.3, 0.4) is 0 Å². The Kier molecular flexibility index (Phi) is 5.29. The smallest absolute Gasteiger partial charge is 0.319 e. The predicted molar refractivity (Wildman–Crippen MR) is 84.8 cm³/mol. The molecule has 4 N–H and O–H groups in total. The summed E-state index contributed by atoms with van der Waals surface area (Å²) in [5, 5.41) is 5.75. The third-order valence-corrected chi connectivity index (χ3v) is 2.99. The molecule has 0 aliphatic heterocycles. The maximum Gasteiger partial charge on any atom is 0.319 e. The molecule has 6 heteroatoms. The zero-order valence-corrected chi connectivity index (χ0v) is 12.1. The number of carbonyl (C=O) groups is 1. The van der Waals surface area contributed by atoms with Gasteiger partial charge in [0.15, 0.2) is 0 Å². The molecule has 2 amide bonds. The highest BCUT2D eigenvalue weighted by Gasteiger charge is 2.03. The Bertz CT molecular complexity index is 605. The lowest BCUT2D eigenvalue weighted by molar-refractivity contribution is 0.247. The fraction of sp³-hybridized carbons (Fsp3) is 0.133. The summed E-state index contributed by atoms with van der Waals surface area (Å²) in [4.78, 5) is 11.7. The van der Waals surface area contributed by atoms with E-state index in [4.69, 9.17) is 22.1 Å². The van der Waals surface area contributed by atoms with E-state index in [-0.39, 0.29) is 6.03 Å². The van der Waals surface area contributed by atoms with E-state index in [1.165, 1.54) is 0 Å². The van der Waals surface area contributed by atoms with Gasteiger partial charge in [-0.05, 0) is 30.3 Å². The number of urea groups is 1. The van der Waals surface area contributed by atoms with Crippen molar-refractivity contribution in [1.29, 1.82) is 0 Å². The molecule has 110 valence electrons. The lowest BCUT2D eigenvalue weighted by Gasteiger charge is -2.09. The van der Waals surface area contributed by atoms with Gasteiger partial charge in [0.25, 0.3) is 0 Å². The zero-order valence-electron chi connectivity index (χ0n) is 11.3. The number of nitrogens with two attached hydrogens (primary N) is 1. The van der Waals surface area contributed by atoms with Gasteiger partial charge < -0.3 is 21.1 Å². The molecule has 0 aliphatic carbocycles. The van der Waals surface area contributed by atoms with Crippen LogP contribution in [0.15, 0.2) is 48.5 Å². The highest BCUT2D eigenvalue weighted by Crippen LogP contribution is 2.22. The summed E-state index contributed by atoms with van der Waals surface area (Å²) in [5.74, 6) is 0.769. The average molecular weight is 306 g/mol. The van der Waals surface area contributed by atoms with Gasteiger partial charge in [-0.25, -0.2) is 4.79 Å². The van der Waals surface area contributed by atoms with Crippen LogP contribution in [-0.2, 0) is 0 Å². The van der Waals surface area contributed by atoms with Crippen LogP contribution in [0.1, 0.15) is 0 Å². The van der Waals surface area contributed by atoms with Crippen LogP contribution in [-0.4, -0.2) is 19.2 Å². The maximum absolute atomic E-state index is 11.7. The molecule has 21 heavy (non-hydrogen) atoms. The van der Waals surface area contributed by atoms with Gasteiger partial charge in [-0.2, -0.15) is 0 Å². The van der Waals surface area contributed by atoms with Crippen molar-refractivity contribution >= 4 is 29.0 Å². The van der Waals surface area contributed by atoms with Gasteiger partial charge in [0.2, 0.25) is 0 Å². The van der Waals surface area contributed by atoms with Crippen LogP contribution in [0.2, 0.25) is 5.02 Å². The number of hydrogen-bond donors (Lipinski definition) is 3. The van der Waals surface area contributed by atoms with Crippen LogP contribution in [0, 0.1) is 0 Å². The first kappa shape index (κ1) is 15.0. The minimum absolute atomic E-state index is 0.326. The van der Waals surface area contributed by atoms with Gasteiger partial charge in [0.05, 0.1) is 17.3 Å². The van der Waals surface area contributed by atoms with E-state index in [9.17, 15) is 4.79 Å². The van der Waals surface area contributed by atoms with Gasteiger partial charge in [0, 0.05) is 5.69 Å². The monoisotopic (exact) mass is 305 g/mol. The standard InChI is InChI=1S/C15H16ClN3O2/c16-13-10-11(6-7-14(13)17)19-15(20)18-8-9-21-12-4-2-1-3-5-12/h1-7,10H,8-9,17H2,(H2,18,19,20). The number of amides is 2. The molecule has 0 radical (unpaired) electrons. The van der Waals surface area contributed by atoms with Crippen LogP contribution in [0.4, 0.5) is 16.2 Å². The van der Waals surface area contributed by atoms with E-state index >= 15 is 0 Å². The summed E-state index contributed by atoms with van der Waals surface area (Å²) in [5.41, 5.74) is 6.65. The number of nitrogens with one attached hydrogen (secondary N) is 2. The molecule has 2 aromatic rings. The number of anilines is 2. The molecule has 0 bridgehead atoms. The molecular weight excluding hydrogens is 290 g/mol. The third-order valence-electron chi connectivity index (χ3n) is 2.66. The second-order valence-corrected chi connectivity index (χ2v) is 4.69. The number of rotatable bonds is 5. The van der Waals surface area contributed by atoms with E-state index in [1.54, 1.807) is 18.2 Å². The summed E-state index contributed by atoms with van der Waals surface area (Å²) in [6.07, 6.45) is 0. The van der Waals surface area contributed by atoms with Gasteiger partial charge >= 0.3 is 6.03 Å². The quantitative estimate of drug-likeness (QED) is 0.587. The minimum Gasteiger partial charge on any atom is -0.492 e. The molecule has 0 heterocycles. The van der Waals surface area contributed by atoms with Crippen molar-refractivity contribution in [2.75, 3.05) is 24.2 Å². The van der Waals surface area contributed by atoms with E-state index in [0.29, 0.717) is 29.5 Å². The van der Waals surface area contributed by atoms with Crippen molar-refractivity contribution in [3.05, 3.63) is 53.6 Å². The largest absolute Gasteiger partial charge is 0.492 e. The molecular formula is C15H16ClN3O2. The first-order valence-corrected chi connectivity index (χ1v) is 6.80. The zero-order chi connectivity index (χ0) is 15.1. The summed E-state index contributed by atoms with van der Waals surface area (Å²) in [6.45, 7) is 0.781. The molecule has 0 aliphatic rings. The van der Waals surface area contributed by atoms with E-state index < -0.39 is 0 Å². The van der Waals surface area contributed by atoms with Gasteiger partial charge in [-0.3, -0.25) is 0 Å². The Morgan fingerprint density at radius 1 is 1.19 bits per heavy atom. The Morgan fingerprint density at radius 3 is 2.67 bits per heavy atom. The molecule has 0 aromatic heterocycles. The minimum atomic E-state index is -0.326. The first-order valence-electron chi connectivity index (χ1n) is 6.43. The van der Waals surface area contributed by atoms with E-state index in [2.05, 4.69) is 10.6 Å². The Labute approximate surface area is 128 Å². The molecule has 2 aromatic carbocycles. The predicted octanol–water partition coefficient (Wildman–Crippen LogP) is 3.12. The van der Waals surface area contributed by atoms with Crippen LogP contribution < -0.4 is 21.1 Å². The number of benzene rings is 2. The fourth-order valence-corrected chi connectivity index (χ4v) is 1.81. The first-order chi connectivity index (χ1) is 10.1. The fourth-order valence-electron chi connectivity index (χ4n) is 1.63. The van der Waals surface area contributed by atoms with Gasteiger partial charge in [-0.15, -0.1) is 0 Å². The molecule has 0 saturated heterocycles. The summed E-state index contributed by atoms with van der Waals surface area (Å²) < 4.78 is 5.46. The SMILES string of the molecule is Nc1ccc(NC(=O)NCCOc2ccccc2)cc1Cl. The average Bonchev–Trinajstić information content (AvgIpc) is 2.49. The number of carbonyl (C=O) groups excluding carboxylic acids is 1. The highest BCUT2D eigenvalue weighted by molar-refractivity contribution is 6.33. The molecule has 5 nitrogen and oxygen atoms in total. The lowest BCUT2D eigenvalue weighted by Crippen LogP contribution is -2.32. The molecule has 2 rings (SSSR count). The summed E-state index contributed by atoms with van der Waals surface area (Å²) in [7, 11) is 0. The third kappa shape index (κ3) is 4.89. The number of ether oxygens (including phenoxy) is 1. The molecule has 0 spiro atoms. The van der Waals surface area contributed by atoms with Crippen molar-refractivity contribution < 1.29 is 9.53 Å². The Hall–Kier alpha value is -2.40. The summed E-state index contributed by atoms with van der Waals surface area (Å²) >= 11 is 5.88. The second-order valence-electron chi connectivity index (χ2n) is 4.28. The number of para-hydroxylation sites is 1. The van der Waals surface area contributed by atoms with E-state index in [0.717, 1.165) is 5.75 Å². The molecule has 0 fully saturated rings. The lowest BCUT2D eigenvalue weighted by atomic mass is 10.3. The van der Waals surface area contributed by atoms with Crippen molar-refractivity contribution in [3.63, 3.8) is 0 Å². The van der Waals surface area contributed by atoms with Crippen LogP contribution in [0.25, 0.3) is 0 Å². The summed E-state index contributed by atoms with van der Waals surface area (Å²) in [6, 6.07) is 14.0. The topological polar surface area (TPSA) is 76.4 Å². The molecule has 0 unspecified atom stereocenters. The van der Waals surface area contributed by atoms with Gasteiger partial charge in [0.1, 0.15) is 12.4 Å². The van der Waals surface area contributed by atoms with Gasteiger partial charge in [-0.1, -0.05) is 29.8 Å². The van der Waals surface area contributed by atoms with E-state index in [1.807, 2.05) is 30.3 Å². The number of nitrogen functional groups attached to an aromatic ring is 1.